The molecule has 0 unspecified atom stereocenters. The average Bonchev–Trinajstić information content (AvgIpc) is 2.14. The Labute approximate surface area is 96.9 Å². The molecule has 0 amide bonds. The van der Waals surface area contributed by atoms with E-state index in [1.807, 2.05) is 6.92 Å². The van der Waals surface area contributed by atoms with Crippen LogP contribution >= 0.6 is 0 Å². The zero-order chi connectivity index (χ0) is 13.0. The Bertz CT molecular complexity index is 593. The number of aliphatic carboxylic acids is 1. The highest BCUT2D eigenvalue weighted by Crippen LogP contribution is 2.20. The number of fused-ring (bicyclic) bond motifs is 1. The maximum atomic E-state index is 11.0. The fourth-order valence-electron chi connectivity index (χ4n) is 1.31. The van der Waals surface area contributed by atoms with Gasteiger partial charge in [-0.1, -0.05) is 0 Å². The van der Waals surface area contributed by atoms with Crippen LogP contribution in [0.2, 0.25) is 0 Å². The summed E-state index contributed by atoms with van der Waals surface area (Å²) >= 11 is 0. The van der Waals surface area contributed by atoms with E-state index < -0.39 is 11.6 Å². The second-order valence-electron chi connectivity index (χ2n) is 3.45. The Kier molecular flexibility index (Phi) is 3.87. The Hall–Kier alpha value is -2.30. The highest BCUT2D eigenvalue weighted by atomic mass is 16.4. The molecule has 0 radical (unpaired) electrons. The van der Waals surface area contributed by atoms with Crippen molar-refractivity contribution in [1.82, 2.24) is 0 Å². The molecule has 0 bridgehead atoms. The normalized spacial score (nSPS) is 9.53. The van der Waals surface area contributed by atoms with Gasteiger partial charge in [0.05, 0.1) is 0 Å². The summed E-state index contributed by atoms with van der Waals surface area (Å²) in [7, 11) is 0. The maximum Gasteiger partial charge on any atom is 0.336 e. The van der Waals surface area contributed by atoms with E-state index in [1.54, 1.807) is 12.1 Å². The first kappa shape index (κ1) is 12.8. The second kappa shape index (κ2) is 5.16. The number of carboxylic acids is 1. The van der Waals surface area contributed by atoms with Crippen molar-refractivity contribution in [3.05, 3.63) is 40.2 Å². The van der Waals surface area contributed by atoms with Gasteiger partial charge in [-0.25, -0.2) is 4.79 Å². The van der Waals surface area contributed by atoms with Crippen molar-refractivity contribution < 1.29 is 19.4 Å². The first-order chi connectivity index (χ1) is 7.90. The molecule has 1 heterocycles. The quantitative estimate of drug-likeness (QED) is 0.682. The monoisotopic (exact) mass is 236 g/mol. The summed E-state index contributed by atoms with van der Waals surface area (Å²) in [6.07, 6.45) is 0. The Morgan fingerprint density at radius 3 is 2.47 bits per heavy atom. The highest BCUT2D eigenvalue weighted by molar-refractivity contribution is 5.81. The summed E-state index contributed by atoms with van der Waals surface area (Å²) in [5.41, 5.74) is 0.881. The molecule has 90 valence electrons. The smallest absolute Gasteiger partial charge is 0.336 e. The third kappa shape index (κ3) is 3.64. The van der Waals surface area contributed by atoms with Gasteiger partial charge in [0.1, 0.15) is 11.3 Å². The topological polar surface area (TPSA) is 87.7 Å². The molecule has 5 heteroatoms. The van der Waals surface area contributed by atoms with Crippen molar-refractivity contribution in [3.63, 3.8) is 0 Å². The largest absolute Gasteiger partial charge is 0.508 e. The van der Waals surface area contributed by atoms with E-state index in [-0.39, 0.29) is 5.75 Å². The van der Waals surface area contributed by atoms with Gasteiger partial charge in [-0.05, 0) is 24.6 Å². The number of aromatic hydroxyl groups is 1. The number of phenolic OH excluding ortho intramolecular Hbond substituents is 1. The zero-order valence-corrected chi connectivity index (χ0v) is 9.43. The first-order valence-corrected chi connectivity index (χ1v) is 4.83. The number of rotatable bonds is 0. The lowest BCUT2D eigenvalue weighted by atomic mass is 10.1. The molecule has 0 aliphatic heterocycles. The van der Waals surface area contributed by atoms with E-state index in [1.165, 1.54) is 12.1 Å². The highest BCUT2D eigenvalue weighted by Gasteiger charge is 2.01. The molecule has 2 aromatic rings. The molecule has 1 aromatic heterocycles. The van der Waals surface area contributed by atoms with E-state index >= 15 is 0 Å². The minimum atomic E-state index is -0.833. The standard InChI is InChI=1S/C10H8O3.C2H4O2/c1-6-4-10(12)13-9-5-7(11)2-3-8(6)9;1-2(3)4/h2-5,11H,1H3;1H3,(H,3,4). The van der Waals surface area contributed by atoms with Gasteiger partial charge >= 0.3 is 5.63 Å². The Morgan fingerprint density at radius 2 is 1.88 bits per heavy atom. The van der Waals surface area contributed by atoms with Gasteiger partial charge in [0.15, 0.2) is 0 Å². The molecular weight excluding hydrogens is 224 g/mol. The van der Waals surface area contributed by atoms with Crippen LogP contribution < -0.4 is 5.63 Å². The van der Waals surface area contributed by atoms with Crippen LogP contribution in [0.5, 0.6) is 5.75 Å². The summed E-state index contributed by atoms with van der Waals surface area (Å²) in [5.74, 6) is -0.735. The predicted molar refractivity (Wildman–Crippen MR) is 62.2 cm³/mol. The average molecular weight is 236 g/mol. The summed E-state index contributed by atoms with van der Waals surface area (Å²) in [4.78, 5) is 20.0. The third-order valence-corrected chi connectivity index (χ3v) is 1.93. The molecule has 0 fully saturated rings. The molecule has 1 aromatic carbocycles. The van der Waals surface area contributed by atoms with Crippen molar-refractivity contribution in [3.8, 4) is 5.75 Å². The number of aryl methyl sites for hydroxylation is 1. The van der Waals surface area contributed by atoms with Crippen molar-refractivity contribution >= 4 is 16.9 Å². The van der Waals surface area contributed by atoms with E-state index in [0.717, 1.165) is 17.9 Å². The summed E-state index contributed by atoms with van der Waals surface area (Å²) < 4.78 is 4.91. The summed E-state index contributed by atoms with van der Waals surface area (Å²) in [6.45, 7) is 2.91. The van der Waals surface area contributed by atoms with Crippen LogP contribution in [0.15, 0.2) is 33.5 Å². The predicted octanol–water partition coefficient (Wildman–Crippen LogP) is 1.90. The van der Waals surface area contributed by atoms with Gasteiger partial charge in [0.2, 0.25) is 0 Å². The van der Waals surface area contributed by atoms with Crippen LogP contribution in [-0.4, -0.2) is 16.2 Å². The lowest BCUT2D eigenvalue weighted by Crippen LogP contribution is -1.97. The summed E-state index contributed by atoms with van der Waals surface area (Å²) in [5, 5.41) is 17.4. The van der Waals surface area contributed by atoms with Crippen LogP contribution in [0, 0.1) is 6.92 Å². The van der Waals surface area contributed by atoms with Crippen molar-refractivity contribution in [1.29, 1.82) is 0 Å². The SMILES string of the molecule is CC(=O)O.Cc1cc(=O)oc2cc(O)ccc12. The van der Waals surface area contributed by atoms with Crippen LogP contribution in [0.3, 0.4) is 0 Å². The van der Waals surface area contributed by atoms with Gasteiger partial charge in [0, 0.05) is 24.4 Å². The number of hydrogen-bond acceptors (Lipinski definition) is 4. The molecule has 0 saturated heterocycles. The number of carbonyl (C=O) groups is 1. The van der Waals surface area contributed by atoms with Gasteiger partial charge in [-0.2, -0.15) is 0 Å². The number of hydrogen-bond donors (Lipinski definition) is 2. The first-order valence-electron chi connectivity index (χ1n) is 4.83. The zero-order valence-electron chi connectivity index (χ0n) is 9.43. The molecular formula is C12H12O5. The molecule has 0 saturated carbocycles. The maximum absolute atomic E-state index is 11.0. The molecule has 0 spiro atoms. The number of carboxylic acid groups (broad SMARTS) is 1. The Morgan fingerprint density at radius 1 is 1.29 bits per heavy atom. The molecule has 0 atom stereocenters. The molecule has 5 nitrogen and oxygen atoms in total. The lowest BCUT2D eigenvalue weighted by Gasteiger charge is -1.99. The van der Waals surface area contributed by atoms with E-state index in [0.29, 0.717) is 5.58 Å². The number of phenols is 1. The van der Waals surface area contributed by atoms with Crippen molar-refractivity contribution in [2.45, 2.75) is 13.8 Å². The van der Waals surface area contributed by atoms with Crippen LogP contribution in [0.25, 0.3) is 11.0 Å². The fraction of sp³-hybridized carbons (Fsp3) is 0.167. The molecule has 2 rings (SSSR count). The lowest BCUT2D eigenvalue weighted by molar-refractivity contribution is -0.134. The van der Waals surface area contributed by atoms with E-state index in [9.17, 15) is 4.79 Å². The van der Waals surface area contributed by atoms with Gasteiger partial charge in [-0.3, -0.25) is 4.79 Å². The van der Waals surface area contributed by atoms with E-state index in [4.69, 9.17) is 19.4 Å². The van der Waals surface area contributed by atoms with Crippen LogP contribution in [0.1, 0.15) is 12.5 Å². The second-order valence-corrected chi connectivity index (χ2v) is 3.45. The fourth-order valence-corrected chi connectivity index (χ4v) is 1.31. The van der Waals surface area contributed by atoms with Gasteiger partial charge in [-0.15, -0.1) is 0 Å². The molecule has 17 heavy (non-hydrogen) atoms. The Balaban J connectivity index is 0.000000317. The van der Waals surface area contributed by atoms with Gasteiger partial charge in [0.25, 0.3) is 5.97 Å². The third-order valence-electron chi connectivity index (χ3n) is 1.93. The van der Waals surface area contributed by atoms with Gasteiger partial charge < -0.3 is 14.6 Å². The molecule has 0 aliphatic carbocycles. The molecule has 2 N–H and O–H groups in total. The van der Waals surface area contributed by atoms with E-state index in [2.05, 4.69) is 0 Å². The van der Waals surface area contributed by atoms with Crippen molar-refractivity contribution in [2.24, 2.45) is 0 Å². The summed E-state index contributed by atoms with van der Waals surface area (Å²) in [6, 6.07) is 6.15. The minimum absolute atomic E-state index is 0.0984. The molecule has 0 aliphatic rings. The van der Waals surface area contributed by atoms with Crippen molar-refractivity contribution in [2.75, 3.05) is 0 Å². The van der Waals surface area contributed by atoms with Crippen LogP contribution in [-0.2, 0) is 4.79 Å². The van der Waals surface area contributed by atoms with Crippen LogP contribution in [0.4, 0.5) is 0 Å². The minimum Gasteiger partial charge on any atom is -0.508 e. The number of benzene rings is 1.